The first-order valence-corrected chi connectivity index (χ1v) is 7.55. The topological polar surface area (TPSA) is 74.6 Å². The molecule has 21 heavy (non-hydrogen) atoms. The Balaban J connectivity index is 2.39. The highest BCUT2D eigenvalue weighted by atomic mass is 16.4. The Morgan fingerprint density at radius 1 is 1.00 bits per heavy atom. The van der Waals surface area contributed by atoms with E-state index < -0.39 is 17.9 Å². The quantitative estimate of drug-likeness (QED) is 0.692. The molecule has 0 aliphatic heterocycles. The van der Waals surface area contributed by atoms with Crippen LogP contribution in [0.15, 0.2) is 24.3 Å². The number of benzene rings is 1. The standard InChI is InChI=1S/C17H24O4/c1-2-4-13-7-9-14(10-8-13)5-3-6-15(17(20)21)11-12-16(18)19/h7-10,15H,2-6,11-12H2,1H3,(H,18,19)(H,20,21)/t15-/m1/s1. The third kappa shape index (κ3) is 6.93. The molecule has 0 saturated carbocycles. The maximum absolute atomic E-state index is 11.1. The van der Waals surface area contributed by atoms with E-state index in [0.717, 1.165) is 25.7 Å². The minimum atomic E-state index is -0.937. The predicted molar refractivity (Wildman–Crippen MR) is 81.4 cm³/mol. The van der Waals surface area contributed by atoms with Gasteiger partial charge in [0, 0.05) is 6.42 Å². The summed E-state index contributed by atoms with van der Waals surface area (Å²) in [6, 6.07) is 8.44. The van der Waals surface area contributed by atoms with E-state index in [2.05, 4.69) is 31.2 Å². The van der Waals surface area contributed by atoms with Gasteiger partial charge in [0.1, 0.15) is 0 Å². The van der Waals surface area contributed by atoms with E-state index in [9.17, 15) is 9.59 Å². The molecule has 0 aliphatic carbocycles. The Hall–Kier alpha value is -1.84. The molecule has 0 spiro atoms. The van der Waals surface area contributed by atoms with Crippen molar-refractivity contribution in [2.45, 2.75) is 51.9 Å². The van der Waals surface area contributed by atoms with E-state index >= 15 is 0 Å². The average molecular weight is 292 g/mol. The molecule has 0 fully saturated rings. The molecule has 0 saturated heterocycles. The van der Waals surface area contributed by atoms with E-state index in [1.54, 1.807) is 0 Å². The Morgan fingerprint density at radius 3 is 2.05 bits per heavy atom. The van der Waals surface area contributed by atoms with Crippen LogP contribution in [0.1, 0.15) is 50.2 Å². The van der Waals surface area contributed by atoms with E-state index in [0.29, 0.717) is 6.42 Å². The van der Waals surface area contributed by atoms with Crippen LogP contribution in [0.5, 0.6) is 0 Å². The molecule has 116 valence electrons. The number of aliphatic carboxylic acids is 2. The van der Waals surface area contributed by atoms with Gasteiger partial charge < -0.3 is 10.2 Å². The molecule has 0 heterocycles. The van der Waals surface area contributed by atoms with Crippen LogP contribution in [0.2, 0.25) is 0 Å². The van der Waals surface area contributed by atoms with Gasteiger partial charge in [-0.05, 0) is 43.2 Å². The van der Waals surface area contributed by atoms with Crippen molar-refractivity contribution in [3.05, 3.63) is 35.4 Å². The summed E-state index contributed by atoms with van der Waals surface area (Å²) in [7, 11) is 0. The highest BCUT2D eigenvalue weighted by molar-refractivity contribution is 5.72. The van der Waals surface area contributed by atoms with E-state index in [1.165, 1.54) is 11.1 Å². The number of aryl methyl sites for hydroxylation is 2. The lowest BCUT2D eigenvalue weighted by Crippen LogP contribution is -2.15. The zero-order chi connectivity index (χ0) is 15.7. The van der Waals surface area contributed by atoms with Gasteiger partial charge in [0.05, 0.1) is 5.92 Å². The largest absolute Gasteiger partial charge is 0.481 e. The van der Waals surface area contributed by atoms with Crippen molar-refractivity contribution in [1.29, 1.82) is 0 Å². The Kier molecular flexibility index (Phi) is 7.51. The first-order valence-electron chi connectivity index (χ1n) is 7.55. The van der Waals surface area contributed by atoms with Crippen LogP contribution in [-0.4, -0.2) is 22.2 Å². The van der Waals surface area contributed by atoms with Crippen molar-refractivity contribution in [2.75, 3.05) is 0 Å². The van der Waals surface area contributed by atoms with Crippen LogP contribution < -0.4 is 0 Å². The van der Waals surface area contributed by atoms with Gasteiger partial charge >= 0.3 is 11.9 Å². The van der Waals surface area contributed by atoms with Crippen LogP contribution in [0.3, 0.4) is 0 Å². The number of rotatable bonds is 10. The van der Waals surface area contributed by atoms with Crippen LogP contribution in [-0.2, 0) is 22.4 Å². The maximum Gasteiger partial charge on any atom is 0.306 e. The van der Waals surface area contributed by atoms with Gasteiger partial charge in [-0.2, -0.15) is 0 Å². The van der Waals surface area contributed by atoms with Crippen molar-refractivity contribution < 1.29 is 19.8 Å². The number of carboxylic acids is 2. The Bertz CT molecular complexity index is 450. The molecular weight excluding hydrogens is 268 g/mol. The van der Waals surface area contributed by atoms with Gasteiger partial charge in [-0.3, -0.25) is 9.59 Å². The van der Waals surface area contributed by atoms with Gasteiger partial charge in [-0.15, -0.1) is 0 Å². The van der Waals surface area contributed by atoms with Gasteiger partial charge in [0.2, 0.25) is 0 Å². The lowest BCUT2D eigenvalue weighted by molar-refractivity contribution is -0.143. The molecule has 2 N–H and O–H groups in total. The van der Waals surface area contributed by atoms with Crippen LogP contribution in [0.25, 0.3) is 0 Å². The average Bonchev–Trinajstić information content (AvgIpc) is 2.44. The number of hydrogen-bond donors (Lipinski definition) is 2. The summed E-state index contributed by atoms with van der Waals surface area (Å²) in [4.78, 5) is 21.6. The fraction of sp³-hybridized carbons (Fsp3) is 0.529. The second-order valence-electron chi connectivity index (χ2n) is 5.43. The lowest BCUT2D eigenvalue weighted by Gasteiger charge is -2.11. The Labute approximate surface area is 125 Å². The zero-order valence-electron chi connectivity index (χ0n) is 12.5. The molecular formula is C17H24O4. The molecule has 1 rings (SSSR count). The molecule has 1 aromatic carbocycles. The second-order valence-corrected chi connectivity index (χ2v) is 5.43. The molecule has 0 amide bonds. The summed E-state index contributed by atoms with van der Waals surface area (Å²) < 4.78 is 0. The third-order valence-corrected chi connectivity index (χ3v) is 3.64. The van der Waals surface area contributed by atoms with Crippen LogP contribution >= 0.6 is 0 Å². The van der Waals surface area contributed by atoms with Crippen molar-refractivity contribution in [1.82, 2.24) is 0 Å². The molecule has 0 radical (unpaired) electrons. The van der Waals surface area contributed by atoms with Gasteiger partial charge in [0.15, 0.2) is 0 Å². The van der Waals surface area contributed by atoms with Crippen LogP contribution in [0, 0.1) is 5.92 Å². The molecule has 0 unspecified atom stereocenters. The lowest BCUT2D eigenvalue weighted by atomic mass is 9.95. The van der Waals surface area contributed by atoms with Gasteiger partial charge in [-0.1, -0.05) is 37.6 Å². The summed E-state index contributed by atoms with van der Waals surface area (Å²) in [6.45, 7) is 2.15. The van der Waals surface area contributed by atoms with Crippen LogP contribution in [0.4, 0.5) is 0 Å². The highest BCUT2D eigenvalue weighted by Crippen LogP contribution is 2.17. The molecule has 4 heteroatoms. The number of hydrogen-bond acceptors (Lipinski definition) is 2. The number of carboxylic acid groups (broad SMARTS) is 2. The SMILES string of the molecule is CCCc1ccc(CCC[C@H](CCC(=O)O)C(=O)O)cc1. The molecule has 0 aromatic heterocycles. The summed E-state index contributed by atoms with van der Waals surface area (Å²) >= 11 is 0. The summed E-state index contributed by atoms with van der Waals surface area (Å²) in [6.07, 6.45) is 4.47. The summed E-state index contributed by atoms with van der Waals surface area (Å²) in [5.41, 5.74) is 2.53. The second kappa shape index (κ2) is 9.16. The van der Waals surface area contributed by atoms with E-state index in [4.69, 9.17) is 10.2 Å². The monoisotopic (exact) mass is 292 g/mol. The first kappa shape index (κ1) is 17.2. The molecule has 1 atom stereocenters. The maximum atomic E-state index is 11.1. The first-order chi connectivity index (χ1) is 10.0. The normalized spacial score (nSPS) is 12.0. The van der Waals surface area contributed by atoms with E-state index in [1.807, 2.05) is 0 Å². The van der Waals surface area contributed by atoms with Crippen molar-refractivity contribution in [3.8, 4) is 0 Å². The minimum Gasteiger partial charge on any atom is -0.481 e. The molecule has 4 nitrogen and oxygen atoms in total. The summed E-state index contributed by atoms with van der Waals surface area (Å²) in [5, 5.41) is 17.7. The fourth-order valence-electron chi connectivity index (χ4n) is 2.40. The molecule has 1 aromatic rings. The highest BCUT2D eigenvalue weighted by Gasteiger charge is 2.18. The van der Waals surface area contributed by atoms with Crippen molar-refractivity contribution >= 4 is 11.9 Å². The smallest absolute Gasteiger partial charge is 0.306 e. The van der Waals surface area contributed by atoms with E-state index in [-0.39, 0.29) is 12.8 Å². The molecule has 0 bridgehead atoms. The predicted octanol–water partition coefficient (Wildman–Crippen LogP) is 3.53. The minimum absolute atomic E-state index is 0.0807. The summed E-state index contributed by atoms with van der Waals surface area (Å²) in [5.74, 6) is -2.39. The zero-order valence-corrected chi connectivity index (χ0v) is 12.5. The molecule has 0 aliphatic rings. The van der Waals surface area contributed by atoms with Crippen molar-refractivity contribution in [2.24, 2.45) is 5.92 Å². The number of carbonyl (C=O) groups is 2. The van der Waals surface area contributed by atoms with Gasteiger partial charge in [-0.25, -0.2) is 0 Å². The van der Waals surface area contributed by atoms with Crippen molar-refractivity contribution in [3.63, 3.8) is 0 Å². The fourth-order valence-corrected chi connectivity index (χ4v) is 2.40. The Morgan fingerprint density at radius 2 is 1.57 bits per heavy atom. The van der Waals surface area contributed by atoms with Gasteiger partial charge in [0.25, 0.3) is 0 Å². The third-order valence-electron chi connectivity index (χ3n) is 3.64.